The van der Waals surface area contributed by atoms with Gasteiger partial charge in [-0.2, -0.15) is 0 Å². The van der Waals surface area contributed by atoms with Crippen LogP contribution in [0.3, 0.4) is 0 Å². The van der Waals surface area contributed by atoms with Crippen LogP contribution in [0, 0.1) is 27.9 Å². The molecular formula is C58H52N6O13. The predicted molar refractivity (Wildman–Crippen MR) is 277 cm³/mol. The molecule has 10 rings (SSSR count). The molecule has 77 heavy (non-hydrogen) atoms. The van der Waals surface area contributed by atoms with Gasteiger partial charge < -0.3 is 44.7 Å². The Kier molecular flexibility index (Phi) is 14.3. The lowest BCUT2D eigenvalue weighted by atomic mass is 9.64. The van der Waals surface area contributed by atoms with Gasteiger partial charge in [0.2, 0.25) is 11.8 Å². The molecule has 19 heteroatoms. The van der Waals surface area contributed by atoms with E-state index in [1.165, 1.54) is 44.6 Å². The van der Waals surface area contributed by atoms with Crippen molar-refractivity contribution in [3.8, 4) is 29.1 Å². The van der Waals surface area contributed by atoms with E-state index in [0.717, 1.165) is 16.0 Å². The monoisotopic (exact) mass is 1040 g/mol. The molecule has 4 N–H and O–H groups in total. The number of nitrogens with one attached hydrogen (secondary N) is 1. The number of rotatable bonds is 13. The minimum Gasteiger partial charge on any atom is -0.493 e. The molecule has 0 unspecified atom stereocenters. The van der Waals surface area contributed by atoms with Gasteiger partial charge in [0.1, 0.15) is 36.5 Å². The topological polar surface area (TPSA) is 243 Å². The largest absolute Gasteiger partial charge is 0.493 e. The zero-order valence-electron chi connectivity index (χ0n) is 41.8. The molecule has 5 amide bonds. The lowest BCUT2D eigenvalue weighted by Gasteiger charge is -2.46. The number of aliphatic hydroxyl groups excluding tert-OH is 1. The Morgan fingerprint density at radius 1 is 0.844 bits per heavy atom. The summed E-state index contributed by atoms with van der Waals surface area (Å²) in [4.78, 5) is 91.2. The number of fused-ring (bicyclic) bond motifs is 4. The number of nitrogens with zero attached hydrogens (tertiary/aromatic N) is 4. The fourth-order valence-electron chi connectivity index (χ4n) is 11.4. The third kappa shape index (κ3) is 9.38. The number of hydrogen-bond acceptors (Lipinski definition) is 14. The summed E-state index contributed by atoms with van der Waals surface area (Å²) in [6, 6.07) is 34.6. The van der Waals surface area contributed by atoms with Crippen molar-refractivity contribution in [1.29, 1.82) is 0 Å². The van der Waals surface area contributed by atoms with Crippen molar-refractivity contribution < 1.29 is 57.7 Å². The molecule has 6 atom stereocenters. The Morgan fingerprint density at radius 3 is 2.21 bits per heavy atom. The molecule has 0 aromatic heterocycles. The Morgan fingerprint density at radius 2 is 1.53 bits per heavy atom. The predicted octanol–water partition coefficient (Wildman–Crippen LogP) is 6.59. The van der Waals surface area contributed by atoms with Crippen LogP contribution < -0.4 is 30.2 Å². The zero-order chi connectivity index (χ0) is 54.0. The summed E-state index contributed by atoms with van der Waals surface area (Å²) in [7, 11) is 3.05. The molecule has 6 aromatic rings. The molecule has 2 saturated heterocycles. The number of ether oxygens (including phenoxy) is 5. The van der Waals surface area contributed by atoms with Gasteiger partial charge in [-0.25, -0.2) is 14.5 Å². The van der Waals surface area contributed by atoms with Gasteiger partial charge in [-0.3, -0.25) is 29.4 Å². The first-order valence-corrected chi connectivity index (χ1v) is 24.7. The number of nitrogens with two attached hydrogens (primary N) is 1. The fourth-order valence-corrected chi connectivity index (χ4v) is 11.4. The number of esters is 1. The van der Waals surface area contributed by atoms with E-state index in [9.17, 15) is 20.0 Å². The third-order valence-corrected chi connectivity index (χ3v) is 14.6. The molecule has 4 aliphatic heterocycles. The molecule has 0 radical (unpaired) electrons. The SMILES string of the molecule is COc1cc2c(cc1OC)CN(C(=O)[C@H]1[C@@H]3C(=O)O[C@@H](c4ccccc4)[C@@H](c4ccccc4)N3[C@@H](c3cccc(OCCO)c3)[C@]13C(=O)N(C(=O)OCc1ccc([N+](=O)[O-])cc1)c1ccc(C#CCNC(N)=O)cc13)CC2. The average molecular weight is 1040 g/mol. The van der Waals surface area contributed by atoms with Gasteiger partial charge in [0.05, 0.1) is 56.0 Å². The quantitative estimate of drug-likeness (QED) is 0.0479. The zero-order valence-corrected chi connectivity index (χ0v) is 41.8. The van der Waals surface area contributed by atoms with Crippen molar-refractivity contribution >= 4 is 41.3 Å². The van der Waals surface area contributed by atoms with Crippen LogP contribution in [0.5, 0.6) is 17.2 Å². The van der Waals surface area contributed by atoms with Gasteiger partial charge in [-0.1, -0.05) is 84.6 Å². The molecule has 0 bridgehead atoms. The highest BCUT2D eigenvalue weighted by Crippen LogP contribution is 2.66. The highest BCUT2D eigenvalue weighted by molar-refractivity contribution is 6.23. The van der Waals surface area contributed by atoms with E-state index in [1.54, 1.807) is 47.4 Å². The molecule has 19 nitrogen and oxygen atoms in total. The Hall–Kier alpha value is -9.25. The number of imide groups is 1. The summed E-state index contributed by atoms with van der Waals surface area (Å²) < 4.78 is 29.9. The summed E-state index contributed by atoms with van der Waals surface area (Å²) in [6.45, 7) is -0.768. The number of carbonyl (C=O) groups excluding carboxylic acids is 5. The normalized spacial score (nSPS) is 21.2. The molecular weight excluding hydrogens is 989 g/mol. The van der Waals surface area contributed by atoms with Gasteiger partial charge in [-0.05, 0) is 100.0 Å². The Balaban J connectivity index is 1.24. The van der Waals surface area contributed by atoms with E-state index >= 15 is 19.2 Å². The van der Waals surface area contributed by atoms with Gasteiger partial charge in [0.15, 0.2) is 11.5 Å². The van der Waals surface area contributed by atoms with Crippen LogP contribution in [0.2, 0.25) is 0 Å². The number of hydrogen-bond donors (Lipinski definition) is 3. The molecule has 2 fully saturated rings. The van der Waals surface area contributed by atoms with Crippen LogP contribution in [0.15, 0.2) is 140 Å². The smallest absolute Gasteiger partial charge is 0.421 e. The standard InChI is InChI=1S/C58H52N6O13/c1-73-46-31-39-24-26-61(33-41(39)32-47(46)74-2)53(66)48-50-54(67)77-51(38-14-7-4-8-15-38)49(37-12-5-3-6-13-37)63(50)52(40-16-9-17-43(30-40)75-28-27-65)58(48)44-29-35(11-10-25-60-56(59)69)20-23-45(44)62(55(58)68)57(70)76-34-36-18-21-42(22-19-36)64(71)72/h3-9,12-23,29-32,48-52,65H,24-28,33-34H2,1-2H3,(H3,59,60,69)/t48-,49-,50-,51+,52+,58-/m1/s1. The number of methoxy groups -OCH3 is 2. The van der Waals surface area contributed by atoms with Crippen LogP contribution in [-0.4, -0.2) is 96.3 Å². The van der Waals surface area contributed by atoms with Crippen LogP contribution in [0.25, 0.3) is 0 Å². The maximum Gasteiger partial charge on any atom is 0.421 e. The molecule has 1 spiro atoms. The Labute approximate surface area is 442 Å². The summed E-state index contributed by atoms with van der Waals surface area (Å²) in [5.74, 6) is 3.21. The number of carbonyl (C=O) groups is 5. The minimum absolute atomic E-state index is 0.0323. The number of nitro benzene ring substituents is 1. The second kappa shape index (κ2) is 21.5. The number of aliphatic hydroxyl groups is 1. The summed E-state index contributed by atoms with van der Waals surface area (Å²) >= 11 is 0. The van der Waals surface area contributed by atoms with E-state index in [0.29, 0.717) is 51.5 Å². The van der Waals surface area contributed by atoms with Crippen LogP contribution in [0.4, 0.5) is 21.0 Å². The summed E-state index contributed by atoms with van der Waals surface area (Å²) in [6.07, 6.45) is -1.79. The number of benzene rings is 6. The van der Waals surface area contributed by atoms with E-state index in [1.807, 2.05) is 71.6 Å². The maximum absolute atomic E-state index is 16.8. The first-order valence-electron chi connectivity index (χ1n) is 24.7. The molecule has 4 heterocycles. The summed E-state index contributed by atoms with van der Waals surface area (Å²) in [5.41, 5.74) is 7.21. The van der Waals surface area contributed by atoms with E-state index in [4.69, 9.17) is 29.4 Å². The van der Waals surface area contributed by atoms with Gasteiger partial charge in [0, 0.05) is 30.8 Å². The summed E-state index contributed by atoms with van der Waals surface area (Å²) in [5, 5.41) is 23.8. The van der Waals surface area contributed by atoms with Crippen molar-refractivity contribution in [3.05, 3.63) is 194 Å². The van der Waals surface area contributed by atoms with Crippen molar-refractivity contribution in [2.24, 2.45) is 11.7 Å². The van der Waals surface area contributed by atoms with E-state index in [2.05, 4.69) is 17.2 Å². The second-order valence-electron chi connectivity index (χ2n) is 18.8. The molecule has 392 valence electrons. The minimum atomic E-state index is -2.21. The van der Waals surface area contributed by atoms with Crippen LogP contribution in [-0.2, 0) is 48.8 Å². The number of amides is 5. The molecule has 6 aromatic carbocycles. The highest BCUT2D eigenvalue weighted by atomic mass is 16.6. The second-order valence-corrected chi connectivity index (χ2v) is 18.8. The van der Waals surface area contributed by atoms with Crippen molar-refractivity contribution in [2.45, 2.75) is 49.2 Å². The maximum atomic E-state index is 16.8. The van der Waals surface area contributed by atoms with Crippen molar-refractivity contribution in [1.82, 2.24) is 15.1 Å². The number of urea groups is 1. The first kappa shape index (κ1) is 51.2. The van der Waals surface area contributed by atoms with Crippen molar-refractivity contribution in [3.63, 3.8) is 0 Å². The Bertz CT molecular complexity index is 3350. The van der Waals surface area contributed by atoms with Crippen LogP contribution >= 0.6 is 0 Å². The number of primary amides is 1. The lowest BCUT2D eigenvalue weighted by molar-refractivity contribution is -0.384. The molecule has 4 aliphatic rings. The average Bonchev–Trinajstić information content (AvgIpc) is 4.15. The fraction of sp³-hybridized carbons (Fsp3) is 0.259. The third-order valence-electron chi connectivity index (χ3n) is 14.6. The molecule has 0 saturated carbocycles. The van der Waals surface area contributed by atoms with Gasteiger partial charge in [0.25, 0.3) is 5.69 Å². The number of non-ortho nitro benzene ring substituents is 1. The highest BCUT2D eigenvalue weighted by Gasteiger charge is 2.76. The van der Waals surface area contributed by atoms with Gasteiger partial charge in [-0.15, -0.1) is 0 Å². The first-order chi connectivity index (χ1) is 37.4. The van der Waals surface area contributed by atoms with Crippen LogP contribution in [0.1, 0.15) is 62.7 Å². The van der Waals surface area contributed by atoms with Crippen molar-refractivity contribution in [2.75, 3.05) is 45.4 Å². The number of cyclic esters (lactones) is 1. The van der Waals surface area contributed by atoms with E-state index in [-0.39, 0.29) is 49.8 Å². The number of nitro groups is 1. The van der Waals surface area contributed by atoms with Gasteiger partial charge >= 0.3 is 18.1 Å². The lowest BCUT2D eigenvalue weighted by Crippen LogP contribution is -2.57. The number of anilines is 1. The molecule has 0 aliphatic carbocycles. The number of morpholine rings is 1. The van der Waals surface area contributed by atoms with E-state index < -0.39 is 77.0 Å².